The Morgan fingerprint density at radius 2 is 2.15 bits per heavy atom. The van der Waals surface area contributed by atoms with Crippen molar-refractivity contribution < 1.29 is 9.84 Å². The van der Waals surface area contributed by atoms with Crippen molar-refractivity contribution in [2.45, 2.75) is 0 Å². The number of hydrogen-bond acceptors (Lipinski definition) is 3. The van der Waals surface area contributed by atoms with Gasteiger partial charge in [-0.3, -0.25) is 0 Å². The van der Waals surface area contributed by atoms with Crippen molar-refractivity contribution in [3.8, 4) is 5.75 Å². The van der Waals surface area contributed by atoms with Gasteiger partial charge in [0, 0.05) is 12.7 Å². The van der Waals surface area contributed by atoms with Crippen LogP contribution in [0.2, 0.25) is 0 Å². The fourth-order valence-electron chi connectivity index (χ4n) is 1.35. The largest absolute Gasteiger partial charge is 0.461 e. The van der Waals surface area contributed by atoms with Crippen LogP contribution in [0.25, 0.3) is 0 Å². The number of para-hydroxylation sites is 2. The van der Waals surface area contributed by atoms with E-state index < -0.39 is 0 Å². The minimum Gasteiger partial charge on any atom is -0.461 e. The molecule has 2 rings (SSSR count). The van der Waals surface area contributed by atoms with Crippen LogP contribution in [0.3, 0.4) is 0 Å². The summed E-state index contributed by atoms with van der Waals surface area (Å²) in [5.41, 5.74) is 0.999. The molecule has 0 spiro atoms. The highest BCUT2D eigenvalue weighted by Crippen LogP contribution is 2.30. The molecule has 0 bridgehead atoms. The van der Waals surface area contributed by atoms with Crippen LogP contribution in [0, 0.1) is 0 Å². The zero-order valence-electron chi connectivity index (χ0n) is 7.18. The number of nitrogens with zero attached hydrogens (tertiary/aromatic N) is 1. The number of hydrogen-bond donors (Lipinski definition) is 1. The van der Waals surface area contributed by atoms with Crippen molar-refractivity contribution >= 4 is 5.69 Å². The number of aliphatic hydroxyl groups is 1. The number of rotatable bonds is 2. The Balaban J connectivity index is 2.31. The smallest absolute Gasteiger partial charge is 0.150 e. The van der Waals surface area contributed by atoms with Crippen molar-refractivity contribution in [2.75, 3.05) is 18.1 Å². The lowest BCUT2D eigenvalue weighted by Crippen LogP contribution is -2.22. The predicted octanol–water partition coefficient (Wildman–Crippen LogP) is 1.35. The van der Waals surface area contributed by atoms with Crippen LogP contribution in [-0.4, -0.2) is 18.3 Å². The van der Waals surface area contributed by atoms with Crippen LogP contribution in [0.1, 0.15) is 0 Å². The van der Waals surface area contributed by atoms with Crippen molar-refractivity contribution in [1.82, 2.24) is 0 Å². The molecule has 0 fully saturated rings. The summed E-state index contributed by atoms with van der Waals surface area (Å²) in [6.45, 7) is 0.732. The van der Waals surface area contributed by atoms with Crippen LogP contribution < -0.4 is 9.64 Å². The van der Waals surface area contributed by atoms with Gasteiger partial charge in [-0.2, -0.15) is 0 Å². The van der Waals surface area contributed by atoms with Crippen LogP contribution >= 0.6 is 0 Å². The lowest BCUT2D eigenvalue weighted by atomic mass is 10.2. The Bertz CT molecular complexity index is 322. The van der Waals surface area contributed by atoms with Gasteiger partial charge in [0.2, 0.25) is 0 Å². The Kier molecular flexibility index (Phi) is 2.19. The highest BCUT2D eigenvalue weighted by molar-refractivity contribution is 5.61. The third-order valence-electron chi connectivity index (χ3n) is 1.95. The van der Waals surface area contributed by atoms with Gasteiger partial charge in [0.15, 0.2) is 0 Å². The molecule has 13 heavy (non-hydrogen) atoms. The van der Waals surface area contributed by atoms with Crippen molar-refractivity contribution in [3.05, 3.63) is 36.7 Å². The second-order valence-corrected chi connectivity index (χ2v) is 2.79. The van der Waals surface area contributed by atoms with Crippen LogP contribution in [-0.2, 0) is 0 Å². The second kappa shape index (κ2) is 3.49. The van der Waals surface area contributed by atoms with Crippen LogP contribution in [0.4, 0.5) is 5.69 Å². The standard InChI is InChI=1S/C10H11NO2/c12-7-5-11-6-8-13-10-4-2-1-3-9(10)11/h1-4,6,8,12H,5,7H2. The normalized spacial score (nSPS) is 13.8. The van der Waals surface area contributed by atoms with E-state index in [9.17, 15) is 0 Å². The summed E-state index contributed by atoms with van der Waals surface area (Å²) in [7, 11) is 0. The van der Waals surface area contributed by atoms with Crippen LogP contribution in [0.15, 0.2) is 36.7 Å². The molecule has 68 valence electrons. The number of anilines is 1. The van der Waals surface area contributed by atoms with E-state index in [1.54, 1.807) is 6.26 Å². The molecule has 0 radical (unpaired) electrons. The molecule has 1 aromatic rings. The monoisotopic (exact) mass is 177 g/mol. The van der Waals surface area contributed by atoms with Crippen LogP contribution in [0.5, 0.6) is 5.75 Å². The lowest BCUT2D eigenvalue weighted by molar-refractivity contribution is 0.304. The molecular weight excluding hydrogens is 166 g/mol. The second-order valence-electron chi connectivity index (χ2n) is 2.79. The van der Waals surface area contributed by atoms with E-state index in [1.807, 2.05) is 35.4 Å². The highest BCUT2D eigenvalue weighted by atomic mass is 16.5. The molecule has 0 saturated heterocycles. The van der Waals surface area contributed by atoms with Crippen molar-refractivity contribution in [1.29, 1.82) is 0 Å². The molecule has 3 nitrogen and oxygen atoms in total. The van der Waals surface area contributed by atoms with Gasteiger partial charge in [-0.15, -0.1) is 0 Å². The van der Waals surface area contributed by atoms with Gasteiger partial charge in [0.05, 0.1) is 12.3 Å². The van der Waals surface area contributed by atoms with E-state index in [4.69, 9.17) is 9.84 Å². The lowest BCUT2D eigenvalue weighted by Gasteiger charge is -2.24. The SMILES string of the molecule is OCCN1C=COc2ccccc21. The zero-order valence-corrected chi connectivity index (χ0v) is 7.18. The number of ether oxygens (including phenoxy) is 1. The molecule has 1 heterocycles. The van der Waals surface area contributed by atoms with Crippen molar-refractivity contribution in [3.63, 3.8) is 0 Å². The van der Waals surface area contributed by atoms with Gasteiger partial charge in [-0.25, -0.2) is 0 Å². The Morgan fingerprint density at radius 3 is 3.00 bits per heavy atom. The molecule has 0 saturated carbocycles. The third-order valence-corrected chi connectivity index (χ3v) is 1.95. The average molecular weight is 177 g/mol. The summed E-state index contributed by atoms with van der Waals surface area (Å²) in [6, 6.07) is 7.75. The molecule has 0 amide bonds. The number of aliphatic hydroxyl groups excluding tert-OH is 1. The molecule has 1 aliphatic rings. The first-order valence-corrected chi connectivity index (χ1v) is 4.21. The minimum atomic E-state index is 0.138. The number of fused-ring (bicyclic) bond motifs is 1. The Morgan fingerprint density at radius 1 is 1.31 bits per heavy atom. The zero-order chi connectivity index (χ0) is 9.10. The van der Waals surface area contributed by atoms with Gasteiger partial charge in [-0.05, 0) is 12.1 Å². The highest BCUT2D eigenvalue weighted by Gasteiger charge is 2.11. The molecular formula is C10H11NO2. The first-order chi connectivity index (χ1) is 6.42. The third kappa shape index (κ3) is 1.51. The van der Waals surface area contributed by atoms with E-state index in [1.165, 1.54) is 0 Å². The summed E-state index contributed by atoms with van der Waals surface area (Å²) < 4.78 is 5.30. The molecule has 0 unspecified atom stereocenters. The molecule has 1 aliphatic heterocycles. The van der Waals surface area contributed by atoms with Gasteiger partial charge >= 0.3 is 0 Å². The Labute approximate surface area is 76.9 Å². The van der Waals surface area contributed by atoms with E-state index in [-0.39, 0.29) is 6.61 Å². The number of benzene rings is 1. The number of β-amino-alcohol motifs (C(OH)–C–C–N with tert-alkyl or cyclic N) is 1. The van der Waals surface area contributed by atoms with Gasteiger partial charge in [0.25, 0.3) is 0 Å². The fraction of sp³-hybridized carbons (Fsp3) is 0.200. The van der Waals surface area contributed by atoms with Gasteiger partial charge < -0.3 is 14.7 Å². The Hall–Kier alpha value is -1.48. The van der Waals surface area contributed by atoms with E-state index in [0.717, 1.165) is 11.4 Å². The molecule has 0 atom stereocenters. The van der Waals surface area contributed by atoms with Gasteiger partial charge in [0.1, 0.15) is 12.0 Å². The summed E-state index contributed by atoms with van der Waals surface area (Å²) in [6.07, 6.45) is 3.44. The summed E-state index contributed by atoms with van der Waals surface area (Å²) >= 11 is 0. The summed E-state index contributed by atoms with van der Waals surface area (Å²) in [4.78, 5) is 1.96. The van der Waals surface area contributed by atoms with Crippen molar-refractivity contribution in [2.24, 2.45) is 0 Å². The summed E-state index contributed by atoms with van der Waals surface area (Å²) in [5.74, 6) is 0.832. The minimum absolute atomic E-state index is 0.138. The molecule has 1 N–H and O–H groups in total. The maximum absolute atomic E-state index is 8.83. The maximum Gasteiger partial charge on any atom is 0.150 e. The summed E-state index contributed by atoms with van der Waals surface area (Å²) in [5, 5.41) is 8.83. The predicted molar refractivity (Wildman–Crippen MR) is 50.6 cm³/mol. The fourth-order valence-corrected chi connectivity index (χ4v) is 1.35. The quantitative estimate of drug-likeness (QED) is 0.740. The molecule has 3 heteroatoms. The first-order valence-electron chi connectivity index (χ1n) is 4.21. The van der Waals surface area contributed by atoms with Gasteiger partial charge in [-0.1, -0.05) is 12.1 Å². The first kappa shape index (κ1) is 8.13. The maximum atomic E-state index is 8.83. The van der Waals surface area contributed by atoms with E-state index >= 15 is 0 Å². The molecule has 0 aliphatic carbocycles. The molecule has 0 aromatic heterocycles. The average Bonchev–Trinajstić information content (AvgIpc) is 2.19. The topological polar surface area (TPSA) is 32.7 Å². The molecule has 1 aromatic carbocycles. The van der Waals surface area contributed by atoms with E-state index in [2.05, 4.69) is 0 Å². The van der Waals surface area contributed by atoms with E-state index in [0.29, 0.717) is 6.54 Å².